The zero-order valence-electron chi connectivity index (χ0n) is 25.2. The van der Waals surface area contributed by atoms with E-state index >= 15 is 0 Å². The molecule has 0 radical (unpaired) electrons. The quantitative estimate of drug-likeness (QED) is 0.0475. The Morgan fingerprint density at radius 1 is 0.562 bits per heavy atom. The van der Waals surface area contributed by atoms with Crippen LogP contribution in [0.2, 0.25) is 0 Å². The van der Waals surface area contributed by atoms with E-state index in [9.17, 15) is 30.4 Å². The maximum Gasteiger partial charge on any atom is 1.00 e. The van der Waals surface area contributed by atoms with Crippen molar-refractivity contribution < 1.29 is 49.6 Å². The van der Waals surface area contributed by atoms with E-state index < -0.39 is 9.85 Å². The van der Waals surface area contributed by atoms with Crippen LogP contribution in [-0.4, -0.2) is 20.1 Å². The Balaban J connectivity index is 0.000000373. The molecular weight excluding hydrogens is 655 g/mol. The smallest absolute Gasteiger partial charge is 0.507 e. The molecule has 240 valence electrons. The van der Waals surface area contributed by atoms with Gasteiger partial charge in [-0.1, -0.05) is 84.9 Å². The third-order valence-corrected chi connectivity index (χ3v) is 6.12. The predicted molar refractivity (Wildman–Crippen MR) is 182 cm³/mol. The molecule has 0 fully saturated rings. The summed E-state index contributed by atoms with van der Waals surface area (Å²) < 4.78 is 0. The second-order valence-electron chi connectivity index (χ2n) is 8.98. The first-order chi connectivity index (χ1) is 22.2. The molecule has 4 N–H and O–H groups in total. The summed E-state index contributed by atoms with van der Waals surface area (Å²) in [5.41, 5.74) is 6.06. The van der Waals surface area contributed by atoms with Crippen molar-refractivity contribution in [1.82, 2.24) is 0 Å². The first-order valence-electron chi connectivity index (χ1n) is 13.1. The van der Waals surface area contributed by atoms with Gasteiger partial charge in [0.05, 0.1) is 15.5 Å². The fraction of sp³-hybridized carbons (Fsp3) is 0. The van der Waals surface area contributed by atoms with Gasteiger partial charge in [-0.3, -0.25) is 20.2 Å². The summed E-state index contributed by atoms with van der Waals surface area (Å²) >= 11 is 0. The van der Waals surface area contributed by atoms with Crippen molar-refractivity contribution in [2.24, 2.45) is 15.6 Å². The molecule has 0 aromatic heterocycles. The van der Waals surface area contributed by atoms with Crippen LogP contribution >= 0.6 is 12.4 Å². The number of nitrogen functional groups attached to an aromatic ring is 1. The number of phenolic OH excluding ortho intramolecular Hbond substituents is 2. The average molecular weight is 681 g/mol. The van der Waals surface area contributed by atoms with E-state index in [0.29, 0.717) is 16.8 Å². The third-order valence-electron chi connectivity index (χ3n) is 6.12. The van der Waals surface area contributed by atoms with Gasteiger partial charge in [-0.2, -0.15) is 0 Å². The number of rotatable bonds is 4. The summed E-state index contributed by atoms with van der Waals surface area (Å²) in [5, 5.41) is 60.8. The number of phenols is 2. The van der Waals surface area contributed by atoms with E-state index in [1.165, 1.54) is 30.3 Å². The van der Waals surface area contributed by atoms with Gasteiger partial charge in [0.15, 0.2) is 5.69 Å². The van der Waals surface area contributed by atoms with E-state index in [1.54, 1.807) is 42.5 Å². The van der Waals surface area contributed by atoms with E-state index in [1.807, 2.05) is 54.6 Å². The van der Waals surface area contributed by atoms with Gasteiger partial charge in [0.2, 0.25) is 0 Å². The number of nitro benzene ring substituents is 2. The van der Waals surface area contributed by atoms with Crippen molar-refractivity contribution in [1.29, 1.82) is 0 Å². The Hall–Kier alpha value is -5.67. The van der Waals surface area contributed by atoms with Crippen molar-refractivity contribution >= 4 is 62.4 Å². The van der Waals surface area contributed by atoms with Gasteiger partial charge in [0.1, 0.15) is 17.2 Å². The topological polar surface area (TPSA) is 230 Å². The van der Waals surface area contributed by atoms with Gasteiger partial charge < -0.3 is 26.1 Å². The zero-order chi connectivity index (χ0) is 33.5. The monoisotopic (exact) mass is 680 g/mol. The van der Waals surface area contributed by atoms with Crippen LogP contribution in [0.25, 0.3) is 21.5 Å². The molecule has 0 aliphatic carbocycles. The molecule has 0 aliphatic rings. The first kappa shape index (κ1) is 40.4. The Kier molecular flexibility index (Phi) is 17.2. The van der Waals surface area contributed by atoms with Crippen molar-refractivity contribution in [3.63, 3.8) is 0 Å². The van der Waals surface area contributed by atoms with Crippen molar-refractivity contribution in [3.8, 4) is 11.5 Å². The van der Waals surface area contributed by atoms with Crippen molar-refractivity contribution in [2.45, 2.75) is 0 Å². The summed E-state index contributed by atoms with van der Waals surface area (Å²) in [6.07, 6.45) is 0. The van der Waals surface area contributed by atoms with Crippen LogP contribution in [0, 0.1) is 30.3 Å². The molecule has 0 unspecified atom stereocenters. The number of hydrogen-bond donors (Lipinski definition) is 3. The summed E-state index contributed by atoms with van der Waals surface area (Å²) in [6.45, 7) is 0. The van der Waals surface area contributed by atoms with Crippen molar-refractivity contribution in [2.75, 3.05) is 5.73 Å². The number of nitrogens with zero attached hydrogens (tertiary/aromatic N) is 5. The number of fused-ring (bicyclic) bond motifs is 2. The number of nitro groups is 2. The predicted octanol–water partition coefficient (Wildman–Crippen LogP) is 6.27. The molecule has 0 atom stereocenters. The fourth-order valence-electron chi connectivity index (χ4n) is 4.03. The van der Waals surface area contributed by atoms with Gasteiger partial charge >= 0.3 is 29.6 Å². The summed E-state index contributed by atoms with van der Waals surface area (Å²) in [7, 11) is 0. The van der Waals surface area contributed by atoms with Crippen LogP contribution in [0.3, 0.4) is 0 Å². The van der Waals surface area contributed by atoms with Crippen molar-refractivity contribution in [3.05, 3.63) is 158 Å². The Labute approximate surface area is 301 Å². The Bertz CT molecular complexity index is 2010. The van der Waals surface area contributed by atoms with E-state index in [0.717, 1.165) is 21.5 Å². The first-order valence-corrected chi connectivity index (χ1v) is 13.1. The van der Waals surface area contributed by atoms with E-state index in [2.05, 4.69) is 10.2 Å². The fourth-order valence-corrected chi connectivity index (χ4v) is 4.03. The van der Waals surface area contributed by atoms with Crippen LogP contribution < -0.4 is 35.3 Å². The molecule has 0 amide bonds. The van der Waals surface area contributed by atoms with Gasteiger partial charge in [-0.05, 0) is 35.7 Å². The van der Waals surface area contributed by atoms with Crippen LogP contribution in [-0.2, 0) is 0 Å². The molecule has 16 heteroatoms. The molecule has 6 aromatic rings. The largest absolute Gasteiger partial charge is 1.00 e. The summed E-state index contributed by atoms with van der Waals surface area (Å²) in [5.74, 6) is 0.503. The second-order valence-corrected chi connectivity index (χ2v) is 8.98. The van der Waals surface area contributed by atoms with E-state index in [4.69, 9.17) is 15.8 Å². The number of nitrogens with two attached hydrogens (primary N) is 1. The number of aromatic hydroxyl groups is 2. The average Bonchev–Trinajstić information content (AvgIpc) is 3.06. The molecule has 14 nitrogen and oxygen atoms in total. The molecule has 0 bridgehead atoms. The normalized spacial score (nSPS) is 9.58. The van der Waals surface area contributed by atoms with Crippen LogP contribution in [0.1, 0.15) is 0 Å². The number of benzene rings is 6. The van der Waals surface area contributed by atoms with Gasteiger partial charge in [0.25, 0.3) is 11.4 Å². The number of hydrogen-bond acceptors (Lipinski definition) is 12. The molecule has 0 saturated carbocycles. The maximum absolute atomic E-state index is 11.0. The molecular formula is C32H26ClN6NaO8. The maximum atomic E-state index is 11.0. The minimum atomic E-state index is -0.505. The molecule has 6 rings (SSSR count). The molecule has 0 aliphatic heterocycles. The molecule has 0 heterocycles. The standard InChI is InChI=1S/C16H11N3O3.C10H8O.C6H6N2O2.ClH.HNO2.Na/c20-16-10-9-13(11-5-1-2-6-12(11)16)17-18-14-7-3-4-8-15(14)19(21)22;11-10-7-3-5-8-4-1-2-6-9(8)10;7-5-3-1-2-4-6(5)8(9)10;;2-1-3;/h1-10,20H;1-7,11H;1-4H,7H2;1H;(H,2,3);/q;;;;;+1/p-1. The molecule has 0 saturated heterocycles. The van der Waals surface area contributed by atoms with Gasteiger partial charge in [0, 0.05) is 28.3 Å². The summed E-state index contributed by atoms with van der Waals surface area (Å²) in [4.78, 5) is 28.1. The Morgan fingerprint density at radius 2 is 1.02 bits per heavy atom. The summed E-state index contributed by atoms with van der Waals surface area (Å²) in [6, 6.07) is 35.9. The SMILES string of the molecule is Cl.Nc1ccccc1[N+](=O)[O-].O=N[O-].O=[N+]([O-])c1ccccc1N=Nc1ccc(O)c2ccccc12.Oc1cccc2ccccc12.[Na+]. The number of azo groups is 1. The van der Waals surface area contributed by atoms with Gasteiger partial charge in [-0.25, -0.2) is 0 Å². The molecule has 0 spiro atoms. The van der Waals surface area contributed by atoms with Crippen LogP contribution in [0.5, 0.6) is 11.5 Å². The zero-order valence-corrected chi connectivity index (χ0v) is 28.0. The van der Waals surface area contributed by atoms with Gasteiger partial charge in [-0.15, -0.1) is 28.0 Å². The third kappa shape index (κ3) is 11.3. The van der Waals surface area contributed by atoms with Crippen LogP contribution in [0.15, 0.2) is 143 Å². The number of anilines is 1. The van der Waals surface area contributed by atoms with E-state index in [-0.39, 0.29) is 70.5 Å². The number of halogens is 1. The Morgan fingerprint density at radius 3 is 1.60 bits per heavy atom. The van der Waals surface area contributed by atoms with Crippen LogP contribution in [0.4, 0.5) is 28.4 Å². The minimum Gasteiger partial charge on any atom is -0.507 e. The second kappa shape index (κ2) is 20.5. The molecule has 6 aromatic carbocycles. The number of para-hydroxylation sites is 3. The molecule has 48 heavy (non-hydrogen) atoms. The minimum absolute atomic E-state index is 0.